The molecule has 1 saturated carbocycles. The number of nitrogens with two attached hydrogens (primary N) is 1. The molecule has 1 heterocycles. The van der Waals surface area contributed by atoms with Gasteiger partial charge in [0.05, 0.1) is 5.02 Å². The highest BCUT2D eigenvalue weighted by atomic mass is 35.5. The lowest BCUT2D eigenvalue weighted by Crippen LogP contribution is -2.26. The van der Waals surface area contributed by atoms with Crippen LogP contribution in [-0.2, 0) is 6.42 Å². The molecule has 0 saturated heterocycles. The molecule has 17 heavy (non-hydrogen) atoms. The third kappa shape index (κ3) is 1.91. The van der Waals surface area contributed by atoms with Crippen molar-refractivity contribution in [2.75, 3.05) is 13.2 Å². The van der Waals surface area contributed by atoms with Crippen LogP contribution in [0.5, 0.6) is 17.2 Å². The van der Waals surface area contributed by atoms with Crippen LogP contribution in [0.4, 0.5) is 0 Å². The van der Waals surface area contributed by atoms with Crippen LogP contribution in [0.1, 0.15) is 18.4 Å². The molecule has 0 bridgehead atoms. The van der Waals surface area contributed by atoms with Gasteiger partial charge in [0.2, 0.25) is 0 Å². The number of hydrogen-bond donors (Lipinski definition) is 2. The van der Waals surface area contributed by atoms with Crippen molar-refractivity contribution in [3.63, 3.8) is 0 Å². The molecule has 1 aliphatic heterocycles. The zero-order valence-electron chi connectivity index (χ0n) is 9.33. The van der Waals surface area contributed by atoms with Crippen molar-refractivity contribution in [3.8, 4) is 17.2 Å². The van der Waals surface area contributed by atoms with E-state index in [9.17, 15) is 5.11 Å². The summed E-state index contributed by atoms with van der Waals surface area (Å²) in [6.45, 7) is 0.986. The minimum Gasteiger partial charge on any atom is -0.506 e. The van der Waals surface area contributed by atoms with E-state index in [-0.39, 0.29) is 11.3 Å². The van der Waals surface area contributed by atoms with Crippen LogP contribution in [0, 0.1) is 0 Å². The summed E-state index contributed by atoms with van der Waals surface area (Å²) in [5.74, 6) is 1.21. The molecule has 92 valence electrons. The molecular weight excluding hydrogens is 242 g/mol. The summed E-state index contributed by atoms with van der Waals surface area (Å²) >= 11 is 6.12. The van der Waals surface area contributed by atoms with Gasteiger partial charge in [-0.05, 0) is 19.3 Å². The lowest BCUT2D eigenvalue weighted by molar-refractivity contribution is 0.169. The van der Waals surface area contributed by atoms with E-state index in [0.717, 1.165) is 18.4 Å². The summed E-state index contributed by atoms with van der Waals surface area (Å²) in [7, 11) is 0. The lowest BCUT2D eigenvalue weighted by Gasteiger charge is -2.23. The van der Waals surface area contributed by atoms with E-state index in [1.54, 1.807) is 0 Å². The maximum Gasteiger partial charge on any atom is 0.166 e. The van der Waals surface area contributed by atoms with Crippen molar-refractivity contribution in [1.82, 2.24) is 0 Å². The SMILES string of the molecule is NC1(Cc2c(Cl)c(O)cc3c2OCCO3)CC1. The molecular formula is C12H14ClNO3. The Hall–Kier alpha value is -1.13. The molecule has 5 heteroatoms. The molecule has 4 nitrogen and oxygen atoms in total. The summed E-state index contributed by atoms with van der Waals surface area (Å²) in [4.78, 5) is 0. The van der Waals surface area contributed by atoms with Crippen molar-refractivity contribution in [3.05, 3.63) is 16.7 Å². The minimum absolute atomic E-state index is 0.0233. The Balaban J connectivity index is 2.06. The number of hydrogen-bond acceptors (Lipinski definition) is 4. The fraction of sp³-hybridized carbons (Fsp3) is 0.500. The molecule has 0 spiro atoms. The molecule has 1 aromatic carbocycles. The van der Waals surface area contributed by atoms with Crippen molar-refractivity contribution < 1.29 is 14.6 Å². The predicted molar refractivity (Wildman–Crippen MR) is 64.0 cm³/mol. The summed E-state index contributed by atoms with van der Waals surface area (Å²) in [6, 6.07) is 1.50. The van der Waals surface area contributed by atoms with Gasteiger partial charge >= 0.3 is 0 Å². The Morgan fingerprint density at radius 1 is 1.35 bits per heavy atom. The van der Waals surface area contributed by atoms with Gasteiger partial charge in [-0.2, -0.15) is 0 Å². The Morgan fingerprint density at radius 2 is 2.06 bits per heavy atom. The Morgan fingerprint density at radius 3 is 2.76 bits per heavy atom. The van der Waals surface area contributed by atoms with E-state index >= 15 is 0 Å². The third-order valence-corrected chi connectivity index (χ3v) is 3.69. The monoisotopic (exact) mass is 255 g/mol. The van der Waals surface area contributed by atoms with Crippen LogP contribution in [0.3, 0.4) is 0 Å². The highest BCUT2D eigenvalue weighted by Crippen LogP contribution is 2.47. The van der Waals surface area contributed by atoms with Crippen molar-refractivity contribution in [2.24, 2.45) is 5.73 Å². The molecule has 0 amide bonds. The molecule has 1 fully saturated rings. The molecule has 2 aliphatic rings. The number of phenols is 1. The van der Waals surface area contributed by atoms with E-state index in [1.165, 1.54) is 6.07 Å². The number of fused-ring (bicyclic) bond motifs is 1. The fourth-order valence-electron chi connectivity index (χ4n) is 2.06. The molecule has 1 aromatic rings. The van der Waals surface area contributed by atoms with Crippen LogP contribution < -0.4 is 15.2 Å². The highest BCUT2D eigenvalue weighted by Gasteiger charge is 2.40. The van der Waals surface area contributed by atoms with Crippen molar-refractivity contribution in [2.45, 2.75) is 24.8 Å². The number of phenolic OH excluding ortho intramolecular Hbond substituents is 1. The van der Waals surface area contributed by atoms with Gasteiger partial charge in [0.15, 0.2) is 11.5 Å². The predicted octanol–water partition coefficient (Wildman–Crippen LogP) is 1.85. The molecule has 0 radical (unpaired) electrons. The second kappa shape index (κ2) is 3.68. The van der Waals surface area contributed by atoms with Gasteiger partial charge in [-0.15, -0.1) is 0 Å². The van der Waals surface area contributed by atoms with E-state index in [4.69, 9.17) is 26.8 Å². The topological polar surface area (TPSA) is 64.7 Å². The maximum absolute atomic E-state index is 9.77. The maximum atomic E-state index is 9.77. The molecule has 1 aliphatic carbocycles. The summed E-state index contributed by atoms with van der Waals surface area (Å²) in [6.07, 6.45) is 2.58. The second-order valence-electron chi connectivity index (χ2n) is 4.75. The standard InChI is InChI=1S/C12H14ClNO3/c13-10-7(6-12(14)1-2-12)11-9(5-8(10)15)16-3-4-17-11/h5,15H,1-4,6,14H2. The number of aromatic hydroxyl groups is 1. The number of rotatable bonds is 2. The molecule has 0 atom stereocenters. The Kier molecular flexibility index (Phi) is 2.38. The average molecular weight is 256 g/mol. The smallest absolute Gasteiger partial charge is 0.166 e. The first-order valence-corrected chi connectivity index (χ1v) is 6.06. The van der Waals surface area contributed by atoms with Crippen LogP contribution >= 0.6 is 11.6 Å². The second-order valence-corrected chi connectivity index (χ2v) is 5.13. The third-order valence-electron chi connectivity index (χ3n) is 3.26. The van der Waals surface area contributed by atoms with E-state index < -0.39 is 0 Å². The lowest BCUT2D eigenvalue weighted by atomic mass is 10.0. The number of halogens is 1. The van der Waals surface area contributed by atoms with Gasteiger partial charge in [0.25, 0.3) is 0 Å². The quantitative estimate of drug-likeness (QED) is 0.847. The van der Waals surface area contributed by atoms with Gasteiger partial charge in [0.1, 0.15) is 19.0 Å². The van der Waals surface area contributed by atoms with E-state index in [0.29, 0.717) is 36.2 Å². The highest BCUT2D eigenvalue weighted by molar-refractivity contribution is 6.33. The largest absolute Gasteiger partial charge is 0.506 e. The van der Waals surface area contributed by atoms with Crippen LogP contribution in [0.15, 0.2) is 6.07 Å². The van der Waals surface area contributed by atoms with Gasteiger partial charge in [-0.25, -0.2) is 0 Å². The molecule has 0 aromatic heterocycles. The minimum atomic E-state index is -0.188. The van der Waals surface area contributed by atoms with E-state index in [1.807, 2.05) is 0 Å². The van der Waals surface area contributed by atoms with Gasteiger partial charge < -0.3 is 20.3 Å². The molecule has 3 rings (SSSR count). The molecule has 3 N–H and O–H groups in total. The summed E-state index contributed by atoms with van der Waals surface area (Å²) in [5, 5.41) is 10.1. The fourth-order valence-corrected chi connectivity index (χ4v) is 2.27. The normalized spacial score (nSPS) is 20.1. The van der Waals surface area contributed by atoms with Crippen molar-refractivity contribution >= 4 is 11.6 Å². The van der Waals surface area contributed by atoms with Crippen molar-refractivity contribution in [1.29, 1.82) is 0 Å². The van der Waals surface area contributed by atoms with Crippen LogP contribution in [-0.4, -0.2) is 23.9 Å². The first-order chi connectivity index (χ1) is 8.09. The van der Waals surface area contributed by atoms with Gasteiger partial charge in [0, 0.05) is 17.2 Å². The van der Waals surface area contributed by atoms with Crippen LogP contribution in [0.25, 0.3) is 0 Å². The van der Waals surface area contributed by atoms with E-state index in [2.05, 4.69) is 0 Å². The zero-order chi connectivity index (χ0) is 12.0. The summed E-state index contributed by atoms with van der Waals surface area (Å²) in [5.41, 5.74) is 6.67. The zero-order valence-corrected chi connectivity index (χ0v) is 10.1. The first-order valence-electron chi connectivity index (χ1n) is 5.68. The number of benzene rings is 1. The Bertz CT molecular complexity index is 471. The summed E-state index contributed by atoms with van der Waals surface area (Å²) < 4.78 is 11.0. The number of ether oxygens (including phenoxy) is 2. The first kappa shape index (κ1) is 11.0. The van der Waals surface area contributed by atoms with Crippen LogP contribution in [0.2, 0.25) is 5.02 Å². The molecule has 0 unspecified atom stereocenters. The Labute approximate surface area is 104 Å². The van der Waals surface area contributed by atoms with Gasteiger partial charge in [-0.3, -0.25) is 0 Å². The average Bonchev–Trinajstić information content (AvgIpc) is 3.03. The van der Waals surface area contributed by atoms with Gasteiger partial charge in [-0.1, -0.05) is 11.6 Å².